The van der Waals surface area contributed by atoms with Crippen molar-refractivity contribution >= 4 is 22.9 Å². The highest BCUT2D eigenvalue weighted by molar-refractivity contribution is 6.05. The molecule has 0 aliphatic rings. The van der Waals surface area contributed by atoms with Crippen molar-refractivity contribution in [2.75, 3.05) is 0 Å². The Morgan fingerprint density at radius 2 is 1.71 bits per heavy atom. The summed E-state index contributed by atoms with van der Waals surface area (Å²) in [5.41, 5.74) is 6.85. The van der Waals surface area contributed by atoms with Crippen molar-refractivity contribution in [2.45, 2.75) is 40.7 Å². The van der Waals surface area contributed by atoms with Gasteiger partial charge in [-0.3, -0.25) is 9.59 Å². The van der Waals surface area contributed by atoms with E-state index in [-0.39, 0.29) is 17.3 Å². The maximum atomic E-state index is 12.8. The van der Waals surface area contributed by atoms with Crippen molar-refractivity contribution in [3.05, 3.63) is 74.7 Å². The molecule has 0 spiro atoms. The molecule has 3 aromatic rings. The highest BCUT2D eigenvalue weighted by atomic mass is 16.2. The van der Waals surface area contributed by atoms with E-state index in [4.69, 9.17) is 0 Å². The Morgan fingerprint density at radius 3 is 2.32 bits per heavy atom. The van der Waals surface area contributed by atoms with E-state index >= 15 is 0 Å². The third-order valence-electron chi connectivity index (χ3n) is 4.63. The summed E-state index contributed by atoms with van der Waals surface area (Å²) in [6.07, 6.45) is 1.64. The summed E-state index contributed by atoms with van der Waals surface area (Å²) < 4.78 is 1.33. The Bertz CT molecular complexity index is 1120. The van der Waals surface area contributed by atoms with Gasteiger partial charge in [0, 0.05) is 10.9 Å². The number of aryl methyl sites for hydroxylation is 3. The van der Waals surface area contributed by atoms with E-state index in [2.05, 4.69) is 27.8 Å². The Hall–Kier alpha value is -3.28. The second-order valence-corrected chi connectivity index (χ2v) is 7.25. The Balaban J connectivity index is 1.96. The first-order valence-electron chi connectivity index (χ1n) is 9.22. The summed E-state index contributed by atoms with van der Waals surface area (Å²) in [6, 6.07) is 11.0. The number of hydrazone groups is 1. The monoisotopic (exact) mass is 376 g/mol. The molecule has 0 aliphatic carbocycles. The van der Waals surface area contributed by atoms with Crippen molar-refractivity contribution < 1.29 is 4.79 Å². The van der Waals surface area contributed by atoms with Crippen molar-refractivity contribution in [3.8, 4) is 0 Å². The zero-order chi connectivity index (χ0) is 20.4. The van der Waals surface area contributed by atoms with Gasteiger partial charge in [-0.2, -0.15) is 10.2 Å². The first kappa shape index (κ1) is 19.5. The van der Waals surface area contributed by atoms with Gasteiger partial charge in [0.15, 0.2) is 5.69 Å². The molecule has 144 valence electrons. The average Bonchev–Trinajstić information content (AvgIpc) is 2.64. The largest absolute Gasteiger partial charge is 0.292 e. The van der Waals surface area contributed by atoms with Crippen LogP contribution in [0.15, 0.2) is 46.3 Å². The van der Waals surface area contributed by atoms with E-state index in [0.29, 0.717) is 10.8 Å². The predicted molar refractivity (Wildman–Crippen MR) is 112 cm³/mol. The molecular formula is C22H24N4O2. The molecule has 0 saturated heterocycles. The van der Waals surface area contributed by atoms with Crippen LogP contribution in [0.4, 0.5) is 0 Å². The minimum atomic E-state index is -0.454. The number of hydrogen-bond acceptors (Lipinski definition) is 4. The van der Waals surface area contributed by atoms with Gasteiger partial charge in [-0.15, -0.1) is 0 Å². The van der Waals surface area contributed by atoms with Crippen LogP contribution >= 0.6 is 0 Å². The highest BCUT2D eigenvalue weighted by Crippen LogP contribution is 2.16. The number of hydrogen-bond donors (Lipinski definition) is 1. The maximum absolute atomic E-state index is 12.8. The summed E-state index contributed by atoms with van der Waals surface area (Å²) in [4.78, 5) is 25.3. The maximum Gasteiger partial charge on any atom is 0.292 e. The van der Waals surface area contributed by atoms with Crippen molar-refractivity contribution in [1.29, 1.82) is 0 Å². The van der Waals surface area contributed by atoms with Gasteiger partial charge >= 0.3 is 0 Å². The smallest absolute Gasteiger partial charge is 0.267 e. The lowest BCUT2D eigenvalue weighted by molar-refractivity contribution is 0.0949. The number of amides is 1. The van der Waals surface area contributed by atoms with Gasteiger partial charge in [0.2, 0.25) is 0 Å². The molecule has 0 saturated carbocycles. The SMILES string of the molecule is Cc1cc(C)c(/C=N\NC(=O)c2nn(C(C)C)c(=O)c3ccccc23)c(C)c1. The first-order chi connectivity index (χ1) is 13.3. The fourth-order valence-electron chi connectivity index (χ4n) is 3.33. The normalized spacial score (nSPS) is 11.5. The first-order valence-corrected chi connectivity index (χ1v) is 9.22. The second-order valence-electron chi connectivity index (χ2n) is 7.25. The summed E-state index contributed by atoms with van der Waals surface area (Å²) in [5, 5.41) is 9.39. The molecule has 2 aromatic carbocycles. The third-order valence-corrected chi connectivity index (χ3v) is 4.63. The highest BCUT2D eigenvalue weighted by Gasteiger charge is 2.17. The Morgan fingerprint density at radius 1 is 1.11 bits per heavy atom. The van der Waals surface area contributed by atoms with Gasteiger partial charge in [0.25, 0.3) is 11.5 Å². The summed E-state index contributed by atoms with van der Waals surface area (Å²) in [5.74, 6) is -0.454. The van der Waals surface area contributed by atoms with Gasteiger partial charge in [-0.1, -0.05) is 35.9 Å². The van der Waals surface area contributed by atoms with Crippen LogP contribution < -0.4 is 11.0 Å². The number of fused-ring (bicyclic) bond motifs is 1. The molecule has 0 bridgehead atoms. The van der Waals surface area contributed by atoms with Crippen LogP contribution in [-0.2, 0) is 0 Å². The summed E-state index contributed by atoms with van der Waals surface area (Å²) in [7, 11) is 0. The van der Waals surface area contributed by atoms with Crippen LogP contribution in [-0.4, -0.2) is 21.9 Å². The minimum absolute atomic E-state index is 0.162. The van der Waals surface area contributed by atoms with Gasteiger partial charge in [0.1, 0.15) is 0 Å². The lowest BCUT2D eigenvalue weighted by Crippen LogP contribution is -2.30. The average molecular weight is 376 g/mol. The van der Waals surface area contributed by atoms with Crippen LogP contribution in [0.5, 0.6) is 0 Å². The van der Waals surface area contributed by atoms with Gasteiger partial charge in [-0.05, 0) is 51.8 Å². The zero-order valence-electron chi connectivity index (χ0n) is 16.8. The molecule has 1 heterocycles. The van der Waals surface area contributed by atoms with Crippen LogP contribution in [0.1, 0.15) is 52.6 Å². The van der Waals surface area contributed by atoms with Crippen molar-refractivity contribution in [2.24, 2.45) is 5.10 Å². The molecule has 1 amide bonds. The van der Waals surface area contributed by atoms with Crippen LogP contribution in [0, 0.1) is 20.8 Å². The molecule has 0 unspecified atom stereocenters. The molecule has 6 nitrogen and oxygen atoms in total. The number of nitrogens with zero attached hydrogens (tertiary/aromatic N) is 3. The van der Waals surface area contributed by atoms with Gasteiger partial charge in [-0.25, -0.2) is 10.1 Å². The lowest BCUT2D eigenvalue weighted by Gasteiger charge is -2.12. The van der Waals surface area contributed by atoms with Crippen LogP contribution in [0.25, 0.3) is 10.8 Å². The number of carbonyl (C=O) groups excluding carboxylic acids is 1. The van der Waals surface area contributed by atoms with E-state index in [9.17, 15) is 9.59 Å². The number of nitrogens with one attached hydrogen (secondary N) is 1. The predicted octanol–water partition coefficient (Wildman–Crippen LogP) is 3.67. The quantitative estimate of drug-likeness (QED) is 0.558. The van der Waals surface area contributed by atoms with Crippen molar-refractivity contribution in [3.63, 3.8) is 0 Å². The molecular weight excluding hydrogens is 352 g/mol. The number of benzene rings is 2. The standard InChI is InChI=1S/C22H24N4O2/c1-13(2)26-22(28)18-9-7-6-8-17(18)20(25-26)21(27)24-23-12-19-15(4)10-14(3)11-16(19)5/h6-13H,1-5H3,(H,24,27)/b23-12-. The number of carbonyl (C=O) groups is 1. The van der Waals surface area contributed by atoms with Crippen molar-refractivity contribution in [1.82, 2.24) is 15.2 Å². The molecule has 0 fully saturated rings. The minimum Gasteiger partial charge on any atom is -0.267 e. The molecule has 28 heavy (non-hydrogen) atoms. The number of rotatable bonds is 4. The summed E-state index contributed by atoms with van der Waals surface area (Å²) >= 11 is 0. The van der Waals surface area contributed by atoms with Gasteiger partial charge in [0.05, 0.1) is 17.6 Å². The van der Waals surface area contributed by atoms with E-state index < -0.39 is 5.91 Å². The molecule has 0 aliphatic heterocycles. The topological polar surface area (TPSA) is 76.3 Å². The molecule has 1 N–H and O–H groups in total. The fraction of sp³-hybridized carbons (Fsp3) is 0.273. The third kappa shape index (κ3) is 3.71. The number of aromatic nitrogens is 2. The van der Waals surface area contributed by atoms with E-state index in [1.165, 1.54) is 10.2 Å². The Labute approximate surface area is 163 Å². The van der Waals surface area contributed by atoms with E-state index in [1.807, 2.05) is 34.6 Å². The zero-order valence-corrected chi connectivity index (χ0v) is 16.8. The van der Waals surface area contributed by atoms with E-state index in [0.717, 1.165) is 16.7 Å². The van der Waals surface area contributed by atoms with Crippen LogP contribution in [0.2, 0.25) is 0 Å². The molecule has 0 atom stereocenters. The fourth-order valence-corrected chi connectivity index (χ4v) is 3.33. The Kier molecular flexibility index (Phi) is 5.40. The van der Waals surface area contributed by atoms with Gasteiger partial charge < -0.3 is 0 Å². The second kappa shape index (κ2) is 7.76. The molecule has 0 radical (unpaired) electrons. The van der Waals surface area contributed by atoms with E-state index in [1.54, 1.807) is 30.5 Å². The van der Waals surface area contributed by atoms with Crippen LogP contribution in [0.3, 0.4) is 0 Å². The molecule has 3 rings (SSSR count). The molecule has 1 aromatic heterocycles. The summed E-state index contributed by atoms with van der Waals surface area (Å²) in [6.45, 7) is 9.77. The lowest BCUT2D eigenvalue weighted by atomic mass is 10.0. The molecule has 6 heteroatoms.